The van der Waals surface area contributed by atoms with Crippen LogP contribution in [0.1, 0.15) is 54.6 Å². The Labute approximate surface area is 230 Å². The second kappa shape index (κ2) is 12.2. The molecule has 3 aromatic carbocycles. The highest BCUT2D eigenvalue weighted by atomic mass is 16.5. The molecular formula is C32H37N3O4. The van der Waals surface area contributed by atoms with Crippen LogP contribution < -0.4 is 15.4 Å². The minimum atomic E-state index is -0.536. The van der Waals surface area contributed by atoms with Crippen molar-refractivity contribution in [2.75, 3.05) is 13.7 Å². The summed E-state index contributed by atoms with van der Waals surface area (Å²) in [4.78, 5) is 40.7. The molecule has 1 aliphatic carbocycles. The Morgan fingerprint density at radius 1 is 0.949 bits per heavy atom. The monoisotopic (exact) mass is 527 g/mol. The maximum Gasteiger partial charge on any atom is 0.325 e. The molecule has 39 heavy (non-hydrogen) atoms. The Morgan fingerprint density at radius 2 is 1.56 bits per heavy atom. The van der Waals surface area contributed by atoms with Crippen LogP contribution in [0.3, 0.4) is 0 Å². The number of para-hydroxylation sites is 1. The van der Waals surface area contributed by atoms with Crippen molar-refractivity contribution in [1.29, 1.82) is 0 Å². The fourth-order valence-electron chi connectivity index (χ4n) is 5.83. The lowest BCUT2D eigenvalue weighted by Crippen LogP contribution is -2.49. The first kappa shape index (κ1) is 27.9. The number of hydrogen-bond acceptors (Lipinski definition) is 4. The molecule has 0 bridgehead atoms. The Hall–Kier alpha value is -4.13. The molecule has 1 atom stereocenters. The summed E-state index contributed by atoms with van der Waals surface area (Å²) < 4.78 is 5.37. The number of imide groups is 1. The number of amides is 4. The summed E-state index contributed by atoms with van der Waals surface area (Å²) in [6.07, 6.45) is 3.33. The lowest BCUT2D eigenvalue weighted by Gasteiger charge is -2.42. The van der Waals surface area contributed by atoms with Crippen LogP contribution in [-0.4, -0.2) is 48.5 Å². The van der Waals surface area contributed by atoms with Crippen LogP contribution in [-0.2, 0) is 16.6 Å². The summed E-state index contributed by atoms with van der Waals surface area (Å²) in [5.74, 6) is 0.198. The lowest BCUT2D eigenvalue weighted by molar-refractivity contribution is -0.129. The molecule has 0 spiro atoms. The molecule has 1 aliphatic heterocycles. The number of benzene rings is 3. The average molecular weight is 528 g/mol. The van der Waals surface area contributed by atoms with Crippen molar-refractivity contribution in [2.24, 2.45) is 0 Å². The van der Waals surface area contributed by atoms with Gasteiger partial charge >= 0.3 is 6.03 Å². The Balaban J connectivity index is 0.00000353. The van der Waals surface area contributed by atoms with Gasteiger partial charge < -0.3 is 15.4 Å². The number of carbonyl (C=O) groups excluding carboxylic acids is 3. The predicted molar refractivity (Wildman–Crippen MR) is 152 cm³/mol. The third-order valence-corrected chi connectivity index (χ3v) is 7.94. The SMILES string of the molecule is C.COc1ccccc1C(=O)NCC1(c2ccccc2)CCC(N2C(=O)N[C@@H](Cc3ccccc3)C2=O)CC1. The highest BCUT2D eigenvalue weighted by Gasteiger charge is 2.46. The van der Waals surface area contributed by atoms with E-state index < -0.39 is 6.04 Å². The first-order valence-corrected chi connectivity index (χ1v) is 13.1. The maximum absolute atomic E-state index is 13.3. The molecule has 7 heteroatoms. The second-order valence-electron chi connectivity index (χ2n) is 10.2. The number of urea groups is 1. The molecule has 204 valence electrons. The standard InChI is InChI=1S/C31H33N3O4.CH4/c1-38-27-15-9-8-14-25(27)28(35)32-21-31(23-12-6-3-7-13-23)18-16-24(17-19-31)34-29(36)26(33-30(34)37)20-22-10-4-2-5-11-22;/h2-15,24,26H,16-21H2,1H3,(H,32,35)(H,33,37);1H4/t24?,26-,31?;/m0./s1. The van der Waals surface area contributed by atoms with E-state index in [0.717, 1.165) is 24.0 Å². The number of methoxy groups -OCH3 is 1. The summed E-state index contributed by atoms with van der Waals surface area (Å²) in [6, 6.07) is 26.1. The van der Waals surface area contributed by atoms with E-state index in [2.05, 4.69) is 22.8 Å². The highest BCUT2D eigenvalue weighted by Crippen LogP contribution is 2.41. The molecule has 1 saturated carbocycles. The molecular weight excluding hydrogens is 490 g/mol. The van der Waals surface area contributed by atoms with E-state index >= 15 is 0 Å². The minimum Gasteiger partial charge on any atom is -0.496 e. The van der Waals surface area contributed by atoms with Crippen molar-refractivity contribution in [3.05, 3.63) is 102 Å². The Bertz CT molecular complexity index is 1290. The summed E-state index contributed by atoms with van der Waals surface area (Å²) in [5.41, 5.74) is 2.37. The van der Waals surface area contributed by atoms with Crippen LogP contribution >= 0.6 is 0 Å². The van der Waals surface area contributed by atoms with Gasteiger partial charge in [-0.2, -0.15) is 0 Å². The Morgan fingerprint density at radius 3 is 2.23 bits per heavy atom. The molecule has 0 unspecified atom stereocenters. The Kier molecular flexibility index (Phi) is 8.69. The molecule has 2 aliphatic rings. The van der Waals surface area contributed by atoms with Crippen LogP contribution in [0.5, 0.6) is 5.75 Å². The van der Waals surface area contributed by atoms with Crippen LogP contribution in [0, 0.1) is 0 Å². The van der Waals surface area contributed by atoms with Gasteiger partial charge in [0.05, 0.1) is 12.7 Å². The van der Waals surface area contributed by atoms with Gasteiger partial charge in [-0.25, -0.2) is 4.79 Å². The van der Waals surface area contributed by atoms with E-state index in [1.165, 1.54) is 4.90 Å². The van der Waals surface area contributed by atoms with Crippen LogP contribution in [0.15, 0.2) is 84.9 Å². The van der Waals surface area contributed by atoms with Crippen molar-refractivity contribution in [3.8, 4) is 5.75 Å². The number of nitrogens with zero attached hydrogens (tertiary/aromatic N) is 1. The minimum absolute atomic E-state index is 0. The first-order valence-electron chi connectivity index (χ1n) is 13.1. The zero-order chi connectivity index (χ0) is 26.5. The molecule has 4 amide bonds. The van der Waals surface area contributed by atoms with E-state index in [9.17, 15) is 14.4 Å². The van der Waals surface area contributed by atoms with Crippen molar-refractivity contribution in [1.82, 2.24) is 15.5 Å². The smallest absolute Gasteiger partial charge is 0.325 e. The summed E-state index contributed by atoms with van der Waals surface area (Å²) in [5, 5.41) is 6.03. The normalized spacial score (nSPS) is 22.5. The maximum atomic E-state index is 13.3. The molecule has 7 nitrogen and oxygen atoms in total. The number of carbonyl (C=O) groups is 3. The van der Waals surface area contributed by atoms with Gasteiger partial charge in [-0.15, -0.1) is 0 Å². The largest absolute Gasteiger partial charge is 0.496 e. The zero-order valence-corrected chi connectivity index (χ0v) is 21.6. The molecule has 3 aromatic rings. The van der Waals surface area contributed by atoms with Gasteiger partial charge in [0.25, 0.3) is 11.8 Å². The fourth-order valence-corrected chi connectivity index (χ4v) is 5.83. The van der Waals surface area contributed by atoms with Crippen molar-refractivity contribution in [2.45, 2.75) is 57.0 Å². The molecule has 2 fully saturated rings. The molecule has 1 heterocycles. The van der Waals surface area contributed by atoms with Crippen LogP contribution in [0.25, 0.3) is 0 Å². The summed E-state index contributed by atoms with van der Waals surface area (Å²) in [6.45, 7) is 0.456. The first-order chi connectivity index (χ1) is 18.5. The van der Waals surface area contributed by atoms with Gasteiger partial charge in [0, 0.05) is 24.4 Å². The van der Waals surface area contributed by atoms with Crippen molar-refractivity contribution >= 4 is 17.8 Å². The topological polar surface area (TPSA) is 87.7 Å². The number of rotatable bonds is 8. The van der Waals surface area contributed by atoms with Gasteiger partial charge in [-0.3, -0.25) is 14.5 Å². The fraction of sp³-hybridized carbons (Fsp3) is 0.344. The summed E-state index contributed by atoms with van der Waals surface area (Å²) in [7, 11) is 1.55. The van der Waals surface area contributed by atoms with Crippen molar-refractivity contribution in [3.63, 3.8) is 0 Å². The molecule has 2 N–H and O–H groups in total. The highest BCUT2D eigenvalue weighted by molar-refractivity contribution is 6.04. The third kappa shape index (κ3) is 5.82. The molecule has 0 radical (unpaired) electrons. The van der Waals surface area contributed by atoms with Gasteiger partial charge in [0.15, 0.2) is 0 Å². The van der Waals surface area contributed by atoms with Crippen LogP contribution in [0.2, 0.25) is 0 Å². The van der Waals surface area contributed by atoms with E-state index in [4.69, 9.17) is 4.74 Å². The van der Waals surface area contributed by atoms with Gasteiger partial charge in [-0.05, 0) is 48.9 Å². The zero-order valence-electron chi connectivity index (χ0n) is 21.6. The van der Waals surface area contributed by atoms with E-state index in [1.807, 2.05) is 60.7 Å². The van der Waals surface area contributed by atoms with E-state index in [0.29, 0.717) is 37.1 Å². The number of ether oxygens (including phenoxy) is 1. The van der Waals surface area contributed by atoms with E-state index in [-0.39, 0.29) is 36.7 Å². The van der Waals surface area contributed by atoms with Gasteiger partial charge in [0.2, 0.25) is 0 Å². The molecule has 1 saturated heterocycles. The average Bonchev–Trinajstić information content (AvgIpc) is 3.25. The number of hydrogen-bond donors (Lipinski definition) is 2. The predicted octanol–water partition coefficient (Wildman–Crippen LogP) is 5.10. The van der Waals surface area contributed by atoms with Gasteiger partial charge in [0.1, 0.15) is 11.8 Å². The van der Waals surface area contributed by atoms with Crippen molar-refractivity contribution < 1.29 is 19.1 Å². The van der Waals surface area contributed by atoms with E-state index in [1.54, 1.807) is 19.2 Å². The third-order valence-electron chi connectivity index (χ3n) is 7.94. The second-order valence-corrected chi connectivity index (χ2v) is 10.2. The lowest BCUT2D eigenvalue weighted by atomic mass is 9.67. The molecule has 0 aromatic heterocycles. The number of nitrogens with one attached hydrogen (secondary N) is 2. The van der Waals surface area contributed by atoms with Gasteiger partial charge in [-0.1, -0.05) is 80.2 Å². The quantitative estimate of drug-likeness (QED) is 0.399. The summed E-state index contributed by atoms with van der Waals surface area (Å²) >= 11 is 0. The van der Waals surface area contributed by atoms with Crippen LogP contribution in [0.4, 0.5) is 4.79 Å². The molecule has 5 rings (SSSR count).